The molecule has 0 aliphatic carbocycles. The van der Waals surface area contributed by atoms with Gasteiger partial charge in [0, 0.05) is 63.5 Å². The van der Waals surface area contributed by atoms with Crippen molar-refractivity contribution in [1.29, 1.82) is 0 Å². The maximum Gasteiger partial charge on any atom is 0.222 e. The van der Waals surface area contributed by atoms with Gasteiger partial charge in [-0.25, -0.2) is 4.98 Å². The van der Waals surface area contributed by atoms with Gasteiger partial charge in [0.05, 0.1) is 0 Å². The van der Waals surface area contributed by atoms with Crippen molar-refractivity contribution in [2.45, 2.75) is 39.0 Å². The minimum Gasteiger partial charge on any atom is -0.385 e. The Balaban J connectivity index is 1.68. The number of nitrogens with zero attached hydrogens (tertiary/aromatic N) is 3. The zero-order valence-electron chi connectivity index (χ0n) is 15.9. The van der Waals surface area contributed by atoms with Crippen molar-refractivity contribution in [2.75, 3.05) is 44.8 Å². The van der Waals surface area contributed by atoms with Crippen LogP contribution in [0.15, 0.2) is 18.3 Å². The van der Waals surface area contributed by atoms with E-state index in [1.165, 1.54) is 0 Å². The molecule has 0 radical (unpaired) electrons. The second-order valence-corrected chi connectivity index (χ2v) is 7.65. The molecule has 6 nitrogen and oxygen atoms in total. The van der Waals surface area contributed by atoms with Gasteiger partial charge >= 0.3 is 0 Å². The van der Waals surface area contributed by atoms with Crippen molar-refractivity contribution in [3.05, 3.63) is 23.9 Å². The molecule has 1 spiro atoms. The first-order chi connectivity index (χ1) is 12.5. The third kappa shape index (κ3) is 4.23. The topological polar surface area (TPSA) is 62.7 Å². The Morgan fingerprint density at radius 3 is 2.85 bits per heavy atom. The van der Waals surface area contributed by atoms with E-state index in [9.17, 15) is 9.59 Å². The van der Waals surface area contributed by atoms with Gasteiger partial charge in [0.1, 0.15) is 5.82 Å². The molecule has 1 amide bonds. The highest BCUT2D eigenvalue weighted by Crippen LogP contribution is 2.39. The number of methoxy groups -OCH3 is 1. The molecule has 3 rings (SSSR count). The molecule has 1 aromatic rings. The number of rotatable bonds is 6. The molecular formula is C20H29N3O3. The highest BCUT2D eigenvalue weighted by Gasteiger charge is 2.41. The number of aromatic nitrogens is 1. The molecule has 0 unspecified atom stereocenters. The van der Waals surface area contributed by atoms with Crippen LogP contribution in [0.4, 0.5) is 5.82 Å². The van der Waals surface area contributed by atoms with Crippen molar-refractivity contribution in [3.8, 4) is 0 Å². The Hall–Kier alpha value is -1.95. The SMILES string of the molecule is COCCCN1C[C@@]2(CCCN(c3ccc(C(C)=O)cn3)C2)CCC1=O. The Bertz CT molecular complexity index is 646. The molecule has 0 N–H and O–H groups in total. The van der Waals surface area contributed by atoms with Crippen LogP contribution < -0.4 is 4.90 Å². The van der Waals surface area contributed by atoms with Crippen LogP contribution in [0.1, 0.15) is 49.4 Å². The summed E-state index contributed by atoms with van der Waals surface area (Å²) in [6.45, 7) is 5.76. The van der Waals surface area contributed by atoms with Crippen molar-refractivity contribution >= 4 is 17.5 Å². The lowest BCUT2D eigenvalue weighted by Crippen LogP contribution is -2.54. The predicted molar refractivity (Wildman–Crippen MR) is 100 cm³/mol. The second-order valence-electron chi connectivity index (χ2n) is 7.65. The second kappa shape index (κ2) is 8.16. The number of ketones is 1. The molecule has 1 atom stereocenters. The summed E-state index contributed by atoms with van der Waals surface area (Å²) in [5.74, 6) is 1.24. The number of pyridine rings is 1. The lowest BCUT2D eigenvalue weighted by Gasteiger charge is -2.48. The van der Waals surface area contributed by atoms with Crippen molar-refractivity contribution < 1.29 is 14.3 Å². The number of hydrogen-bond acceptors (Lipinski definition) is 5. The van der Waals surface area contributed by atoms with Crippen LogP contribution in [0.5, 0.6) is 0 Å². The van der Waals surface area contributed by atoms with E-state index in [2.05, 4.69) is 9.88 Å². The number of carbonyl (C=O) groups excluding carboxylic acids is 2. The Labute approximate surface area is 155 Å². The number of ether oxygens (including phenoxy) is 1. The van der Waals surface area contributed by atoms with Crippen LogP contribution in [-0.4, -0.2) is 61.5 Å². The average Bonchev–Trinajstić information content (AvgIpc) is 2.65. The summed E-state index contributed by atoms with van der Waals surface area (Å²) in [5.41, 5.74) is 0.799. The standard InChI is InChI=1S/C20H29N3O3/c1-16(24)17-5-6-18(21-13-17)22-10-3-8-20(14-22)9-7-19(25)23(15-20)11-4-12-26-2/h5-6,13H,3-4,7-12,14-15H2,1-2H3/t20-/m0/s1. The minimum absolute atomic E-state index is 0.0386. The molecule has 142 valence electrons. The zero-order chi connectivity index (χ0) is 18.6. The molecule has 1 aromatic heterocycles. The first-order valence-electron chi connectivity index (χ1n) is 9.52. The van der Waals surface area contributed by atoms with Gasteiger partial charge in [-0.05, 0) is 44.7 Å². The van der Waals surface area contributed by atoms with E-state index in [-0.39, 0.29) is 17.1 Å². The fourth-order valence-electron chi connectivity index (χ4n) is 4.22. The van der Waals surface area contributed by atoms with E-state index in [1.54, 1.807) is 20.2 Å². The summed E-state index contributed by atoms with van der Waals surface area (Å²) in [6.07, 6.45) is 6.40. The van der Waals surface area contributed by atoms with Crippen LogP contribution in [0.2, 0.25) is 0 Å². The first kappa shape index (κ1) is 18.8. The van der Waals surface area contributed by atoms with Crippen LogP contribution in [0, 0.1) is 5.41 Å². The Kier molecular flexibility index (Phi) is 5.91. The summed E-state index contributed by atoms with van der Waals surface area (Å²) in [4.78, 5) is 32.6. The third-order valence-electron chi connectivity index (χ3n) is 5.66. The van der Waals surface area contributed by atoms with Gasteiger partial charge in [0.25, 0.3) is 0 Å². The van der Waals surface area contributed by atoms with E-state index in [0.717, 1.165) is 57.7 Å². The largest absolute Gasteiger partial charge is 0.385 e. The molecule has 6 heteroatoms. The van der Waals surface area contributed by atoms with Gasteiger partial charge in [-0.15, -0.1) is 0 Å². The molecule has 3 heterocycles. The Morgan fingerprint density at radius 1 is 1.31 bits per heavy atom. The fraction of sp³-hybridized carbons (Fsp3) is 0.650. The predicted octanol–water partition coefficient (Wildman–Crippen LogP) is 2.53. The van der Waals surface area contributed by atoms with E-state index in [1.807, 2.05) is 17.0 Å². The van der Waals surface area contributed by atoms with Gasteiger partial charge in [-0.1, -0.05) is 0 Å². The number of likely N-dealkylation sites (tertiary alicyclic amines) is 1. The molecule has 2 fully saturated rings. The van der Waals surface area contributed by atoms with Gasteiger partial charge in [-0.3, -0.25) is 9.59 Å². The third-order valence-corrected chi connectivity index (χ3v) is 5.66. The normalized spacial score (nSPS) is 23.5. The lowest BCUT2D eigenvalue weighted by molar-refractivity contribution is -0.138. The van der Waals surface area contributed by atoms with Crippen molar-refractivity contribution in [1.82, 2.24) is 9.88 Å². The highest BCUT2D eigenvalue weighted by molar-refractivity contribution is 5.93. The molecule has 0 bridgehead atoms. The van der Waals surface area contributed by atoms with E-state index >= 15 is 0 Å². The van der Waals surface area contributed by atoms with Crippen LogP contribution in [0.3, 0.4) is 0 Å². The summed E-state index contributed by atoms with van der Waals surface area (Å²) >= 11 is 0. The summed E-state index contributed by atoms with van der Waals surface area (Å²) in [7, 11) is 1.70. The van der Waals surface area contributed by atoms with Crippen LogP contribution in [-0.2, 0) is 9.53 Å². The molecular weight excluding hydrogens is 330 g/mol. The monoisotopic (exact) mass is 359 g/mol. The maximum absolute atomic E-state index is 12.3. The van der Waals surface area contributed by atoms with E-state index in [4.69, 9.17) is 4.74 Å². The molecule has 0 saturated carbocycles. The zero-order valence-corrected chi connectivity index (χ0v) is 15.9. The quantitative estimate of drug-likeness (QED) is 0.577. The smallest absolute Gasteiger partial charge is 0.222 e. The van der Waals surface area contributed by atoms with Crippen molar-refractivity contribution in [3.63, 3.8) is 0 Å². The first-order valence-corrected chi connectivity index (χ1v) is 9.52. The number of piperidine rings is 2. The van der Waals surface area contributed by atoms with Crippen molar-refractivity contribution in [2.24, 2.45) is 5.41 Å². The van der Waals surface area contributed by atoms with E-state index in [0.29, 0.717) is 18.6 Å². The number of amides is 1. The summed E-state index contributed by atoms with van der Waals surface area (Å²) in [6, 6.07) is 3.80. The summed E-state index contributed by atoms with van der Waals surface area (Å²) in [5, 5.41) is 0. The average molecular weight is 359 g/mol. The summed E-state index contributed by atoms with van der Waals surface area (Å²) < 4.78 is 5.13. The molecule has 2 aliphatic rings. The maximum atomic E-state index is 12.3. The molecule has 2 aliphatic heterocycles. The van der Waals surface area contributed by atoms with Gasteiger partial charge in [-0.2, -0.15) is 0 Å². The number of carbonyl (C=O) groups is 2. The van der Waals surface area contributed by atoms with Crippen LogP contribution >= 0.6 is 0 Å². The minimum atomic E-state index is 0.0386. The van der Waals surface area contributed by atoms with Gasteiger partial charge in [0.15, 0.2) is 5.78 Å². The highest BCUT2D eigenvalue weighted by atomic mass is 16.5. The molecule has 26 heavy (non-hydrogen) atoms. The molecule has 0 aromatic carbocycles. The number of hydrogen-bond donors (Lipinski definition) is 0. The molecule has 2 saturated heterocycles. The number of anilines is 1. The van der Waals surface area contributed by atoms with Crippen LogP contribution in [0.25, 0.3) is 0 Å². The lowest BCUT2D eigenvalue weighted by atomic mass is 9.73. The number of Topliss-reactive ketones (excluding diaryl/α,β-unsaturated/α-hetero) is 1. The van der Waals surface area contributed by atoms with Gasteiger partial charge < -0.3 is 14.5 Å². The fourth-order valence-corrected chi connectivity index (χ4v) is 4.22. The Morgan fingerprint density at radius 2 is 2.15 bits per heavy atom. The van der Waals surface area contributed by atoms with Gasteiger partial charge in [0.2, 0.25) is 5.91 Å². The van der Waals surface area contributed by atoms with E-state index < -0.39 is 0 Å².